The minimum Gasteiger partial charge on any atom is -0.463 e. The van der Waals surface area contributed by atoms with Crippen LogP contribution in [0.3, 0.4) is 0 Å². The Kier molecular flexibility index (Phi) is 7.98. The van der Waals surface area contributed by atoms with Gasteiger partial charge in [-0.15, -0.1) is 0 Å². The molecule has 2 aliphatic rings. The molecule has 10 heteroatoms. The first-order valence-electron chi connectivity index (χ1n) is 13.9. The van der Waals surface area contributed by atoms with Crippen LogP contribution >= 0.6 is 0 Å². The van der Waals surface area contributed by atoms with E-state index in [1.165, 1.54) is 0 Å². The third-order valence-electron chi connectivity index (χ3n) is 8.51. The number of anilines is 1. The number of amides is 3. The van der Waals surface area contributed by atoms with Gasteiger partial charge in [-0.25, -0.2) is 4.79 Å². The quantitative estimate of drug-likeness (QED) is 0.272. The summed E-state index contributed by atoms with van der Waals surface area (Å²) in [6.07, 6.45) is 3.24. The first kappa shape index (κ1) is 28.9. The molecule has 1 atom stereocenters. The van der Waals surface area contributed by atoms with Gasteiger partial charge in [-0.05, 0) is 38.2 Å². The number of nitrogens with one attached hydrogen (secondary N) is 3. The molecule has 0 radical (unpaired) electrons. The number of nitrogens with zero attached hydrogens (tertiary/aromatic N) is 2. The van der Waals surface area contributed by atoms with E-state index in [-0.39, 0.29) is 35.5 Å². The average molecular weight is 554 g/mol. The van der Waals surface area contributed by atoms with E-state index in [0.29, 0.717) is 18.8 Å². The van der Waals surface area contributed by atoms with Gasteiger partial charge in [0.05, 0.1) is 31.9 Å². The van der Waals surface area contributed by atoms with Gasteiger partial charge in [0.15, 0.2) is 5.82 Å². The number of hydrogen-bond donors (Lipinski definition) is 3. The van der Waals surface area contributed by atoms with Crippen molar-refractivity contribution >= 4 is 31.8 Å². The van der Waals surface area contributed by atoms with Crippen LogP contribution in [0.5, 0.6) is 0 Å². The molecule has 3 amide bonds. The summed E-state index contributed by atoms with van der Waals surface area (Å²) in [7, 11) is -1.74. The Labute approximate surface area is 232 Å². The van der Waals surface area contributed by atoms with Gasteiger partial charge in [0.2, 0.25) is 5.91 Å². The molecule has 0 saturated heterocycles. The largest absolute Gasteiger partial charge is 0.463 e. The molecule has 1 aliphatic carbocycles. The topological polar surface area (TPSA) is 116 Å². The Balaban J connectivity index is 1.50. The molecule has 2 aromatic rings. The summed E-state index contributed by atoms with van der Waals surface area (Å²) in [5.41, 5.74) is 1.81. The van der Waals surface area contributed by atoms with Crippen LogP contribution in [-0.2, 0) is 26.4 Å². The number of carbonyl (C=O) groups is 3. The van der Waals surface area contributed by atoms with Crippen molar-refractivity contribution in [2.45, 2.75) is 96.2 Å². The molecular formula is C29H43N5O4Si. The van der Waals surface area contributed by atoms with Crippen molar-refractivity contribution in [1.82, 2.24) is 20.4 Å². The van der Waals surface area contributed by atoms with Crippen LogP contribution in [-0.4, -0.2) is 47.7 Å². The van der Waals surface area contributed by atoms with Crippen LogP contribution in [0.25, 0.3) is 0 Å². The van der Waals surface area contributed by atoms with E-state index in [9.17, 15) is 14.4 Å². The summed E-state index contributed by atoms with van der Waals surface area (Å²) in [6.45, 7) is 14.9. The zero-order chi connectivity index (χ0) is 28.6. The van der Waals surface area contributed by atoms with Crippen molar-refractivity contribution in [3.63, 3.8) is 0 Å². The van der Waals surface area contributed by atoms with Crippen molar-refractivity contribution in [2.75, 3.05) is 11.9 Å². The van der Waals surface area contributed by atoms with E-state index in [4.69, 9.17) is 4.74 Å². The summed E-state index contributed by atoms with van der Waals surface area (Å²) in [4.78, 5) is 41.1. The molecule has 1 fully saturated rings. The zero-order valence-electron chi connectivity index (χ0n) is 24.3. The molecule has 1 saturated carbocycles. The molecule has 39 heavy (non-hydrogen) atoms. The third kappa shape index (κ3) is 5.62. The van der Waals surface area contributed by atoms with E-state index < -0.39 is 19.7 Å². The number of urea groups is 1. The van der Waals surface area contributed by atoms with Crippen molar-refractivity contribution in [3.8, 4) is 0 Å². The lowest BCUT2D eigenvalue weighted by Gasteiger charge is -2.48. The molecule has 1 aromatic carbocycles. The standard InChI is InChI=1S/C29H43N5O4Si/c1-19(2)16-23(35)38-18-22(20-12-9-8-10-13-20)30-27(37)34-17-21-24(28(34,3)4)32-33-25(21)31-26(36)29(14-11-15-29)39(5,6)7/h8-10,12-13,19,22H,11,14-18H2,1-7H3,(H,30,37)(H2,31,32,33,36). The minimum atomic E-state index is -1.74. The molecular weight excluding hydrogens is 510 g/mol. The zero-order valence-corrected chi connectivity index (χ0v) is 25.3. The summed E-state index contributed by atoms with van der Waals surface area (Å²) >= 11 is 0. The van der Waals surface area contributed by atoms with Gasteiger partial charge in [-0.1, -0.05) is 70.2 Å². The minimum absolute atomic E-state index is 0.0442. The number of hydrogen-bond acceptors (Lipinski definition) is 5. The molecule has 4 rings (SSSR count). The second-order valence-corrected chi connectivity index (χ2v) is 18.4. The Hall–Kier alpha value is -3.14. The highest BCUT2D eigenvalue weighted by molar-refractivity contribution is 6.83. The van der Waals surface area contributed by atoms with Gasteiger partial charge in [-0.2, -0.15) is 5.10 Å². The Morgan fingerprint density at radius 1 is 1.13 bits per heavy atom. The molecule has 1 aliphatic heterocycles. The van der Waals surface area contributed by atoms with E-state index in [2.05, 4.69) is 40.5 Å². The van der Waals surface area contributed by atoms with E-state index in [0.717, 1.165) is 36.1 Å². The second kappa shape index (κ2) is 10.8. The Morgan fingerprint density at radius 3 is 2.36 bits per heavy atom. The van der Waals surface area contributed by atoms with Crippen molar-refractivity contribution < 1.29 is 19.1 Å². The third-order valence-corrected chi connectivity index (χ3v) is 12.1. The van der Waals surface area contributed by atoms with Gasteiger partial charge in [0, 0.05) is 17.0 Å². The fourth-order valence-corrected chi connectivity index (χ4v) is 8.32. The van der Waals surface area contributed by atoms with Crippen LogP contribution in [0.15, 0.2) is 30.3 Å². The maximum absolute atomic E-state index is 13.7. The number of esters is 1. The Bertz CT molecular complexity index is 1210. The van der Waals surface area contributed by atoms with Crippen LogP contribution in [0.4, 0.5) is 10.6 Å². The molecule has 0 bridgehead atoms. The predicted molar refractivity (Wildman–Crippen MR) is 154 cm³/mol. The molecule has 3 N–H and O–H groups in total. The summed E-state index contributed by atoms with van der Waals surface area (Å²) in [5.74, 6) is 0.459. The monoisotopic (exact) mass is 553 g/mol. The van der Waals surface area contributed by atoms with Crippen molar-refractivity contribution in [2.24, 2.45) is 5.92 Å². The molecule has 2 heterocycles. The van der Waals surface area contributed by atoms with Crippen LogP contribution in [0.1, 0.15) is 76.2 Å². The highest BCUT2D eigenvalue weighted by atomic mass is 28.3. The number of fused-ring (bicyclic) bond motifs is 1. The van der Waals surface area contributed by atoms with Crippen molar-refractivity contribution in [3.05, 3.63) is 47.2 Å². The summed E-state index contributed by atoms with van der Waals surface area (Å²) in [5, 5.41) is 13.5. The summed E-state index contributed by atoms with van der Waals surface area (Å²) < 4.78 is 5.54. The lowest BCUT2D eigenvalue weighted by Crippen LogP contribution is -2.52. The summed E-state index contributed by atoms with van der Waals surface area (Å²) in [6, 6.07) is 8.72. The molecule has 1 aromatic heterocycles. The highest BCUT2D eigenvalue weighted by Crippen LogP contribution is 2.56. The number of rotatable bonds is 9. The van der Waals surface area contributed by atoms with Gasteiger partial charge < -0.3 is 20.3 Å². The van der Waals surface area contributed by atoms with E-state index in [1.54, 1.807) is 4.90 Å². The number of aromatic amines is 1. The van der Waals surface area contributed by atoms with Gasteiger partial charge in [0.1, 0.15) is 6.61 Å². The lowest BCUT2D eigenvalue weighted by atomic mass is 9.83. The lowest BCUT2D eigenvalue weighted by molar-refractivity contribution is -0.145. The number of H-pyrrole nitrogens is 1. The van der Waals surface area contributed by atoms with Gasteiger partial charge >= 0.3 is 12.0 Å². The SMILES string of the molecule is CC(C)CC(=O)OCC(NC(=O)N1Cc2c(NC(=O)C3([Si](C)(C)C)CCC3)n[nH]c2C1(C)C)c1ccccc1. The fraction of sp³-hybridized carbons (Fsp3) is 0.586. The number of aromatic nitrogens is 2. The molecule has 9 nitrogen and oxygen atoms in total. The molecule has 0 spiro atoms. The van der Waals surface area contributed by atoms with Crippen molar-refractivity contribution in [1.29, 1.82) is 0 Å². The van der Waals surface area contributed by atoms with Gasteiger partial charge in [0.25, 0.3) is 0 Å². The molecule has 212 valence electrons. The number of carbonyl (C=O) groups excluding carboxylic acids is 3. The average Bonchev–Trinajstić information content (AvgIpc) is 3.32. The maximum Gasteiger partial charge on any atom is 0.319 e. The normalized spacial score (nSPS) is 18.2. The van der Waals surface area contributed by atoms with Crippen LogP contribution in [0, 0.1) is 5.92 Å². The van der Waals surface area contributed by atoms with Gasteiger partial charge in [-0.3, -0.25) is 14.7 Å². The van der Waals surface area contributed by atoms with Crippen LogP contribution in [0.2, 0.25) is 24.7 Å². The van der Waals surface area contributed by atoms with E-state index in [1.807, 2.05) is 58.0 Å². The van der Waals surface area contributed by atoms with E-state index >= 15 is 0 Å². The molecule has 1 unspecified atom stereocenters. The van der Waals surface area contributed by atoms with Crippen LogP contribution < -0.4 is 10.6 Å². The number of ether oxygens (including phenoxy) is 1. The first-order valence-corrected chi connectivity index (χ1v) is 17.4. The first-order chi connectivity index (χ1) is 18.3. The number of benzene rings is 1. The smallest absolute Gasteiger partial charge is 0.319 e. The Morgan fingerprint density at radius 2 is 1.79 bits per heavy atom. The maximum atomic E-state index is 13.7. The fourth-order valence-electron chi connectivity index (χ4n) is 5.72. The second-order valence-electron chi connectivity index (χ2n) is 12.9. The highest BCUT2D eigenvalue weighted by Gasteiger charge is 2.54. The predicted octanol–water partition coefficient (Wildman–Crippen LogP) is 5.70.